The average Bonchev–Trinajstić information content (AvgIpc) is 3.24. The monoisotopic (exact) mass is 444 g/mol. The maximum Gasteiger partial charge on any atom is 0.508 e. The second-order valence-corrected chi connectivity index (χ2v) is 9.84. The van der Waals surface area contributed by atoms with Crippen molar-refractivity contribution in [2.24, 2.45) is 5.92 Å². The summed E-state index contributed by atoms with van der Waals surface area (Å²) in [6.07, 6.45) is 18.6. The minimum absolute atomic E-state index is 0.0205. The van der Waals surface area contributed by atoms with Crippen molar-refractivity contribution in [3.05, 3.63) is 29.8 Å². The van der Waals surface area contributed by atoms with Crippen molar-refractivity contribution in [1.82, 2.24) is 0 Å². The minimum Gasteiger partial charge on any atom is -0.494 e. The normalized spacial score (nSPS) is 23.0. The minimum atomic E-state index is -0.509. The summed E-state index contributed by atoms with van der Waals surface area (Å²) >= 11 is 0. The van der Waals surface area contributed by atoms with Crippen LogP contribution in [0.15, 0.2) is 24.3 Å². The van der Waals surface area contributed by atoms with Gasteiger partial charge in [-0.3, -0.25) is 0 Å². The summed E-state index contributed by atoms with van der Waals surface area (Å²) in [6, 6.07) is 8.93. The Balaban J connectivity index is 1.19. The average molecular weight is 445 g/mol. The standard InChI is InChI=1S/C28H44O4/c1-2-3-8-11-23-13-15-24(16-14-23)25-17-19-26(20-18-25)30-21-10-7-5-4-6-9-12-27-22-31-28(29)32-27/h17-20,23-24,27H,2-16,21-22H2,1H3. The third kappa shape index (κ3) is 9.03. The molecular weight excluding hydrogens is 400 g/mol. The number of ether oxygens (including phenoxy) is 3. The van der Waals surface area contributed by atoms with Gasteiger partial charge in [0.25, 0.3) is 0 Å². The van der Waals surface area contributed by atoms with Crippen LogP contribution in [0.5, 0.6) is 5.75 Å². The number of cyclic esters (lactones) is 2. The molecule has 1 heterocycles. The molecule has 32 heavy (non-hydrogen) atoms. The van der Waals surface area contributed by atoms with Crippen LogP contribution in [0.3, 0.4) is 0 Å². The summed E-state index contributed by atoms with van der Waals surface area (Å²) < 4.78 is 15.8. The second-order valence-electron chi connectivity index (χ2n) is 9.84. The van der Waals surface area contributed by atoms with Crippen molar-refractivity contribution < 1.29 is 19.0 Å². The smallest absolute Gasteiger partial charge is 0.494 e. The summed E-state index contributed by atoms with van der Waals surface area (Å²) in [5.74, 6) is 2.73. The van der Waals surface area contributed by atoms with E-state index in [4.69, 9.17) is 14.2 Å². The van der Waals surface area contributed by atoms with Crippen LogP contribution in [-0.2, 0) is 9.47 Å². The molecule has 2 fully saturated rings. The number of hydrogen-bond acceptors (Lipinski definition) is 4. The Kier molecular flexibility index (Phi) is 11.2. The molecule has 0 radical (unpaired) electrons. The molecule has 0 aromatic heterocycles. The molecular formula is C28H44O4. The highest BCUT2D eigenvalue weighted by atomic mass is 16.8. The van der Waals surface area contributed by atoms with Gasteiger partial charge >= 0.3 is 6.16 Å². The van der Waals surface area contributed by atoms with E-state index in [1.807, 2.05) is 0 Å². The number of benzene rings is 1. The first-order valence-corrected chi connectivity index (χ1v) is 13.3. The Hall–Kier alpha value is -1.71. The first kappa shape index (κ1) is 24.9. The largest absolute Gasteiger partial charge is 0.508 e. The van der Waals surface area contributed by atoms with E-state index >= 15 is 0 Å². The summed E-state index contributed by atoms with van der Waals surface area (Å²) in [5.41, 5.74) is 1.50. The molecule has 1 aliphatic carbocycles. The molecule has 3 rings (SSSR count). The first-order valence-electron chi connectivity index (χ1n) is 13.3. The van der Waals surface area contributed by atoms with Crippen molar-refractivity contribution in [2.45, 2.75) is 115 Å². The van der Waals surface area contributed by atoms with Crippen LogP contribution >= 0.6 is 0 Å². The van der Waals surface area contributed by atoms with E-state index < -0.39 is 6.16 Å². The van der Waals surface area contributed by atoms with Gasteiger partial charge in [-0.15, -0.1) is 0 Å². The zero-order chi connectivity index (χ0) is 22.4. The number of hydrogen-bond donors (Lipinski definition) is 0. The molecule has 1 saturated heterocycles. The topological polar surface area (TPSA) is 44.8 Å². The molecule has 2 aliphatic rings. The van der Waals surface area contributed by atoms with Crippen LogP contribution in [0.25, 0.3) is 0 Å². The molecule has 180 valence electrons. The fourth-order valence-corrected chi connectivity index (χ4v) is 5.18. The van der Waals surface area contributed by atoms with Crippen LogP contribution in [-0.4, -0.2) is 25.5 Å². The highest BCUT2D eigenvalue weighted by Gasteiger charge is 2.24. The van der Waals surface area contributed by atoms with Crippen LogP contribution in [0.2, 0.25) is 0 Å². The Morgan fingerprint density at radius 2 is 1.53 bits per heavy atom. The van der Waals surface area contributed by atoms with Gasteiger partial charge in [0.1, 0.15) is 18.5 Å². The van der Waals surface area contributed by atoms with Crippen molar-refractivity contribution in [2.75, 3.05) is 13.2 Å². The Bertz CT molecular complexity index is 633. The van der Waals surface area contributed by atoms with E-state index in [1.165, 1.54) is 82.6 Å². The number of rotatable bonds is 15. The van der Waals surface area contributed by atoms with Crippen LogP contribution in [0.4, 0.5) is 4.79 Å². The number of carbonyl (C=O) groups is 1. The molecule has 1 saturated carbocycles. The van der Waals surface area contributed by atoms with E-state index in [0.717, 1.165) is 43.5 Å². The van der Waals surface area contributed by atoms with Gasteiger partial charge in [-0.2, -0.15) is 0 Å². The van der Waals surface area contributed by atoms with E-state index in [0.29, 0.717) is 6.61 Å². The van der Waals surface area contributed by atoms with Crippen molar-refractivity contribution in [1.29, 1.82) is 0 Å². The second kappa shape index (κ2) is 14.4. The molecule has 4 nitrogen and oxygen atoms in total. The molecule has 0 N–H and O–H groups in total. The summed E-state index contributed by atoms with van der Waals surface area (Å²) in [7, 11) is 0. The Labute approximate surface area is 195 Å². The lowest BCUT2D eigenvalue weighted by Gasteiger charge is -2.29. The summed E-state index contributed by atoms with van der Waals surface area (Å²) in [5, 5.41) is 0. The fraction of sp³-hybridized carbons (Fsp3) is 0.750. The van der Waals surface area contributed by atoms with Crippen molar-refractivity contribution in [3.63, 3.8) is 0 Å². The highest BCUT2D eigenvalue weighted by Crippen LogP contribution is 2.38. The van der Waals surface area contributed by atoms with Gasteiger partial charge in [0, 0.05) is 0 Å². The van der Waals surface area contributed by atoms with Crippen molar-refractivity contribution in [3.8, 4) is 5.75 Å². The Morgan fingerprint density at radius 3 is 2.22 bits per heavy atom. The molecule has 0 spiro atoms. The van der Waals surface area contributed by atoms with Gasteiger partial charge in [0.15, 0.2) is 0 Å². The van der Waals surface area contributed by atoms with E-state index in [9.17, 15) is 4.79 Å². The first-order chi connectivity index (χ1) is 15.7. The van der Waals surface area contributed by atoms with Gasteiger partial charge < -0.3 is 14.2 Å². The zero-order valence-corrected chi connectivity index (χ0v) is 20.2. The van der Waals surface area contributed by atoms with E-state index in [2.05, 4.69) is 31.2 Å². The lowest BCUT2D eigenvalue weighted by atomic mass is 9.77. The van der Waals surface area contributed by atoms with Gasteiger partial charge in [-0.1, -0.05) is 70.4 Å². The van der Waals surface area contributed by atoms with Gasteiger partial charge in [-0.05, 0) is 74.5 Å². The molecule has 0 amide bonds. The van der Waals surface area contributed by atoms with Gasteiger partial charge in [0.05, 0.1) is 6.61 Å². The number of unbranched alkanes of at least 4 members (excludes halogenated alkanes) is 7. The number of carbonyl (C=O) groups excluding carboxylic acids is 1. The van der Waals surface area contributed by atoms with Crippen molar-refractivity contribution >= 4 is 6.16 Å². The molecule has 1 aromatic carbocycles. The lowest BCUT2D eigenvalue weighted by molar-refractivity contribution is 0.115. The summed E-state index contributed by atoms with van der Waals surface area (Å²) in [4.78, 5) is 10.9. The predicted molar refractivity (Wildman–Crippen MR) is 129 cm³/mol. The highest BCUT2D eigenvalue weighted by molar-refractivity contribution is 5.61. The Morgan fingerprint density at radius 1 is 0.844 bits per heavy atom. The molecule has 0 bridgehead atoms. The fourth-order valence-electron chi connectivity index (χ4n) is 5.18. The molecule has 1 atom stereocenters. The quantitative estimate of drug-likeness (QED) is 0.202. The molecule has 4 heteroatoms. The van der Waals surface area contributed by atoms with Gasteiger partial charge in [-0.25, -0.2) is 4.79 Å². The van der Waals surface area contributed by atoms with Crippen LogP contribution in [0, 0.1) is 5.92 Å². The third-order valence-corrected chi connectivity index (χ3v) is 7.25. The van der Waals surface area contributed by atoms with E-state index in [1.54, 1.807) is 0 Å². The maximum absolute atomic E-state index is 10.9. The summed E-state index contributed by atoms with van der Waals surface area (Å²) in [6.45, 7) is 3.53. The lowest BCUT2D eigenvalue weighted by Crippen LogP contribution is -2.13. The molecule has 1 aliphatic heterocycles. The molecule has 1 aromatic rings. The van der Waals surface area contributed by atoms with Crippen LogP contribution in [0.1, 0.15) is 115 Å². The van der Waals surface area contributed by atoms with Crippen LogP contribution < -0.4 is 4.74 Å². The third-order valence-electron chi connectivity index (χ3n) is 7.25. The zero-order valence-electron chi connectivity index (χ0n) is 20.2. The SMILES string of the molecule is CCCCCC1CCC(c2ccc(OCCCCCCCCC3COC(=O)O3)cc2)CC1. The molecule has 1 unspecified atom stereocenters. The van der Waals surface area contributed by atoms with Gasteiger partial charge in [0.2, 0.25) is 0 Å². The van der Waals surface area contributed by atoms with E-state index in [-0.39, 0.29) is 6.10 Å². The maximum atomic E-state index is 10.9. The predicted octanol–water partition coefficient (Wildman–Crippen LogP) is 8.19.